The van der Waals surface area contributed by atoms with Gasteiger partial charge in [0, 0.05) is 49.8 Å². The molecule has 2 bridgehead atoms. The predicted octanol–water partition coefficient (Wildman–Crippen LogP) is 6.45. The van der Waals surface area contributed by atoms with Crippen molar-refractivity contribution in [1.29, 1.82) is 0 Å². The smallest absolute Gasteiger partial charge is 0.264 e. The molecule has 11 heteroatoms. The number of carbonyl (C=O) groups excluding carboxylic acids is 1. The number of ether oxygens (including phenoxy) is 3. The lowest BCUT2D eigenvalue weighted by Gasteiger charge is -2.43. The monoisotopic (exact) mass is 727 g/mol. The van der Waals surface area contributed by atoms with E-state index < -0.39 is 21.2 Å². The molecule has 0 spiro atoms. The predicted molar refractivity (Wildman–Crippen MR) is 199 cm³/mol. The van der Waals surface area contributed by atoms with Crippen LogP contribution in [0.25, 0.3) is 0 Å². The fourth-order valence-electron chi connectivity index (χ4n) is 8.21. The van der Waals surface area contributed by atoms with Gasteiger partial charge in [-0.15, -0.1) is 0 Å². The topological polar surface area (TPSA) is 97.4 Å². The Morgan fingerprint density at radius 1 is 1.08 bits per heavy atom. The molecule has 9 nitrogen and oxygen atoms in total. The van der Waals surface area contributed by atoms with E-state index in [1.54, 1.807) is 13.2 Å². The number of halogens is 1. The number of unbranched alkanes of at least 4 members (excludes halogenated alkanes) is 1. The molecule has 4 aliphatic rings. The maximum atomic E-state index is 14.0. The summed E-state index contributed by atoms with van der Waals surface area (Å²) in [6.07, 6.45) is 10.5. The van der Waals surface area contributed by atoms with E-state index in [-0.39, 0.29) is 17.9 Å². The third-order valence-electron chi connectivity index (χ3n) is 11.3. The van der Waals surface area contributed by atoms with Crippen molar-refractivity contribution >= 4 is 33.2 Å². The number of amides is 1. The van der Waals surface area contributed by atoms with Gasteiger partial charge >= 0.3 is 0 Å². The molecule has 0 radical (unpaired) electrons. The van der Waals surface area contributed by atoms with Crippen molar-refractivity contribution in [3.8, 4) is 5.75 Å². The zero-order valence-electron chi connectivity index (χ0n) is 29.8. The minimum Gasteiger partial charge on any atom is -0.491 e. The summed E-state index contributed by atoms with van der Waals surface area (Å²) in [5, 5.41) is -0.00556. The number of anilines is 1. The van der Waals surface area contributed by atoms with Crippen molar-refractivity contribution in [2.45, 2.75) is 76.1 Å². The number of allylic oxidation sites excluding steroid dienone is 1. The average molecular weight is 728 g/mol. The van der Waals surface area contributed by atoms with Gasteiger partial charge in [0.05, 0.1) is 36.9 Å². The van der Waals surface area contributed by atoms with Gasteiger partial charge in [-0.2, -0.15) is 0 Å². The highest BCUT2D eigenvalue weighted by Crippen LogP contribution is 2.43. The molecule has 2 aromatic rings. The molecule has 1 aliphatic carbocycles. The fraction of sp³-hybridized carbons (Fsp3) is 0.615. The number of sulfonamides is 1. The van der Waals surface area contributed by atoms with Crippen molar-refractivity contribution in [2.75, 3.05) is 64.6 Å². The number of hydrogen-bond donors (Lipinski definition) is 1. The number of fused-ring (bicyclic) bond motifs is 2. The minimum absolute atomic E-state index is 0.0568. The molecule has 2 aromatic carbocycles. The molecule has 2 fully saturated rings. The molecule has 0 aromatic heterocycles. The van der Waals surface area contributed by atoms with Gasteiger partial charge in [0.2, 0.25) is 10.0 Å². The number of aryl methyl sites for hydroxylation is 1. The maximum absolute atomic E-state index is 14.0. The molecule has 50 heavy (non-hydrogen) atoms. The summed E-state index contributed by atoms with van der Waals surface area (Å²) >= 11 is 6.48. The molecule has 1 N–H and O–H groups in total. The summed E-state index contributed by atoms with van der Waals surface area (Å²) in [7, 11) is -2.24. The van der Waals surface area contributed by atoms with Crippen LogP contribution in [0.3, 0.4) is 0 Å². The lowest BCUT2D eigenvalue weighted by Crippen LogP contribution is -2.45. The van der Waals surface area contributed by atoms with Gasteiger partial charge < -0.3 is 19.1 Å². The van der Waals surface area contributed by atoms with Crippen LogP contribution in [0.1, 0.15) is 79.8 Å². The Morgan fingerprint density at radius 3 is 2.64 bits per heavy atom. The highest BCUT2D eigenvalue weighted by Gasteiger charge is 2.39. The van der Waals surface area contributed by atoms with E-state index in [9.17, 15) is 13.2 Å². The Labute approximate surface area is 303 Å². The van der Waals surface area contributed by atoms with E-state index in [2.05, 4.69) is 45.7 Å². The Kier molecular flexibility index (Phi) is 12.5. The van der Waals surface area contributed by atoms with Gasteiger partial charge in [-0.25, -0.2) is 13.1 Å². The molecule has 6 rings (SSSR count). The number of rotatable bonds is 8. The van der Waals surface area contributed by atoms with Crippen LogP contribution in [-0.2, 0) is 25.9 Å². The van der Waals surface area contributed by atoms with E-state index in [0.29, 0.717) is 68.9 Å². The Bertz CT molecular complexity index is 1610. The molecule has 1 saturated carbocycles. The number of methoxy groups -OCH3 is 1. The molecule has 1 amide bonds. The first kappa shape index (κ1) is 37.1. The second-order valence-corrected chi connectivity index (χ2v) is 17.0. The van der Waals surface area contributed by atoms with Gasteiger partial charge in [-0.3, -0.25) is 9.69 Å². The summed E-state index contributed by atoms with van der Waals surface area (Å²) in [6, 6.07) is 11.5. The Balaban J connectivity index is 1.34. The van der Waals surface area contributed by atoms with Crippen LogP contribution in [0.2, 0.25) is 5.02 Å². The summed E-state index contributed by atoms with van der Waals surface area (Å²) < 4.78 is 48.6. The zero-order chi connectivity index (χ0) is 35.3. The van der Waals surface area contributed by atoms with Crippen molar-refractivity contribution in [3.05, 3.63) is 70.3 Å². The van der Waals surface area contributed by atoms with Gasteiger partial charge in [0.1, 0.15) is 5.75 Å². The van der Waals surface area contributed by atoms with Crippen LogP contribution in [0.4, 0.5) is 5.69 Å². The first-order valence-corrected chi connectivity index (χ1v) is 20.4. The van der Waals surface area contributed by atoms with Crippen molar-refractivity contribution in [2.24, 2.45) is 17.8 Å². The molecule has 6 atom stereocenters. The first-order valence-electron chi connectivity index (χ1n) is 18.5. The lowest BCUT2D eigenvalue weighted by atomic mass is 9.70. The third-order valence-corrected chi connectivity index (χ3v) is 13.6. The standard InChI is InChI=1S/C39H54ClN3O6S/c1-4-5-8-28-22-32(40)12-14-33(28)31-25-43-24-30-10-13-34(30)36(47-3)9-6-7-27(2)38(16-17-42-18-20-48-21-19-42)50(45,46)41-39(44)29-11-15-37(49-26-31)35(43)23-29/h6,9,11-12,14-15,22-23,27,30-31,34,36,38H,4-5,7-8,10,13,16-21,24-26H2,1-3H3,(H,41,44)/b9-6+/t27-,30-,31-,34+,36-,38+/m0/s1. The molecular formula is C39H54ClN3O6S. The molecule has 3 aliphatic heterocycles. The van der Waals surface area contributed by atoms with Gasteiger partial charge in [-0.1, -0.05) is 50.1 Å². The Hall–Kier alpha value is -2.63. The quantitative estimate of drug-likeness (QED) is 0.310. The summed E-state index contributed by atoms with van der Waals surface area (Å²) in [5.41, 5.74) is 3.62. The molecule has 274 valence electrons. The van der Waals surface area contributed by atoms with Crippen LogP contribution in [0, 0.1) is 17.8 Å². The molecule has 3 heterocycles. The second kappa shape index (κ2) is 16.8. The van der Waals surface area contributed by atoms with Gasteiger partial charge in [0.25, 0.3) is 5.91 Å². The lowest BCUT2D eigenvalue weighted by molar-refractivity contribution is 0.0134. The van der Waals surface area contributed by atoms with Crippen LogP contribution < -0.4 is 14.4 Å². The summed E-state index contributed by atoms with van der Waals surface area (Å²) in [4.78, 5) is 18.4. The second-order valence-electron chi connectivity index (χ2n) is 14.6. The van der Waals surface area contributed by atoms with Crippen molar-refractivity contribution < 1.29 is 27.4 Å². The zero-order valence-corrected chi connectivity index (χ0v) is 31.4. The normalized spacial score (nSPS) is 29.5. The number of morpholine rings is 1. The summed E-state index contributed by atoms with van der Waals surface area (Å²) in [6.45, 7) is 9.61. The highest BCUT2D eigenvalue weighted by atomic mass is 35.5. The van der Waals surface area contributed by atoms with E-state index in [4.69, 9.17) is 25.8 Å². The Morgan fingerprint density at radius 2 is 1.90 bits per heavy atom. The highest BCUT2D eigenvalue weighted by molar-refractivity contribution is 7.90. The number of carbonyl (C=O) groups is 1. The molecule has 1 saturated heterocycles. The number of benzene rings is 2. The minimum atomic E-state index is -4.01. The molecule has 0 unspecified atom stereocenters. The number of hydrogen-bond acceptors (Lipinski definition) is 8. The first-order chi connectivity index (χ1) is 24.2. The number of nitrogens with one attached hydrogen (secondary N) is 1. The van der Waals surface area contributed by atoms with Gasteiger partial charge in [0.15, 0.2) is 0 Å². The van der Waals surface area contributed by atoms with Gasteiger partial charge in [-0.05, 0) is 104 Å². The fourth-order valence-corrected chi connectivity index (χ4v) is 10.1. The van der Waals surface area contributed by atoms with Crippen LogP contribution >= 0.6 is 11.6 Å². The largest absolute Gasteiger partial charge is 0.491 e. The van der Waals surface area contributed by atoms with Crippen LogP contribution in [0.5, 0.6) is 5.75 Å². The average Bonchev–Trinajstić information content (AvgIpc) is 3.27. The third kappa shape index (κ3) is 8.69. The number of nitrogens with zero attached hydrogens (tertiary/aromatic N) is 2. The van der Waals surface area contributed by atoms with E-state index in [0.717, 1.165) is 62.4 Å². The van der Waals surface area contributed by atoms with E-state index >= 15 is 0 Å². The maximum Gasteiger partial charge on any atom is 0.264 e. The van der Waals surface area contributed by atoms with E-state index in [1.807, 2.05) is 25.1 Å². The summed E-state index contributed by atoms with van der Waals surface area (Å²) in [5.74, 6) is 0.704. The molecular weight excluding hydrogens is 674 g/mol. The van der Waals surface area contributed by atoms with Crippen LogP contribution in [-0.4, -0.2) is 90.2 Å². The van der Waals surface area contributed by atoms with Crippen LogP contribution in [0.15, 0.2) is 48.6 Å². The SMILES string of the molecule is CCCCc1cc(Cl)ccc1[C@@H]1COc2ccc3cc2N(C1)C[C@@H]1CC[C@H]1[C@@H](OC)/C=C/C[C@H](C)[C@@H](CCN1CCOCC1)S(=O)(=O)NC3=O. The van der Waals surface area contributed by atoms with E-state index in [1.165, 1.54) is 11.1 Å². The van der Waals surface area contributed by atoms with Crippen molar-refractivity contribution in [1.82, 2.24) is 9.62 Å². The van der Waals surface area contributed by atoms with Crippen molar-refractivity contribution in [3.63, 3.8) is 0 Å².